The second kappa shape index (κ2) is 2.21. The van der Waals surface area contributed by atoms with Gasteiger partial charge in [0.05, 0.1) is 6.04 Å². The van der Waals surface area contributed by atoms with E-state index in [2.05, 4.69) is 22.8 Å². The van der Waals surface area contributed by atoms with Crippen molar-refractivity contribution in [2.75, 3.05) is 0 Å². The van der Waals surface area contributed by atoms with Crippen LogP contribution >= 0.6 is 0 Å². The third-order valence-electron chi connectivity index (χ3n) is 1.73. The van der Waals surface area contributed by atoms with Gasteiger partial charge in [-0.05, 0) is 24.3 Å². The zero-order valence-corrected chi connectivity index (χ0v) is 5.62. The first-order chi connectivity index (χ1) is 4.97. The summed E-state index contributed by atoms with van der Waals surface area (Å²) in [4.78, 5) is 0. The summed E-state index contributed by atoms with van der Waals surface area (Å²) in [5.41, 5.74) is 1.35. The molecule has 1 atom stereocenters. The highest BCUT2D eigenvalue weighted by Crippen LogP contribution is 2.16. The van der Waals surface area contributed by atoms with Crippen LogP contribution in [-0.4, -0.2) is 6.04 Å². The standard InChI is InChI=1S/C8H9N2/c1-2-7-6-9-5-3-8(7)10-4-1/h1,3-6,8-9H,2H2. The van der Waals surface area contributed by atoms with Crippen molar-refractivity contribution in [3.05, 3.63) is 36.3 Å². The van der Waals surface area contributed by atoms with Gasteiger partial charge in [-0.3, -0.25) is 5.32 Å². The lowest BCUT2D eigenvalue weighted by molar-refractivity contribution is 0.711. The van der Waals surface area contributed by atoms with Crippen LogP contribution in [0.5, 0.6) is 0 Å². The summed E-state index contributed by atoms with van der Waals surface area (Å²) >= 11 is 0. The van der Waals surface area contributed by atoms with Gasteiger partial charge >= 0.3 is 0 Å². The summed E-state index contributed by atoms with van der Waals surface area (Å²) in [5.74, 6) is 0. The average molecular weight is 133 g/mol. The van der Waals surface area contributed by atoms with E-state index >= 15 is 0 Å². The maximum Gasteiger partial charge on any atom is 0.0927 e. The number of dihydropyridines is 1. The Labute approximate surface area is 60.3 Å². The lowest BCUT2D eigenvalue weighted by atomic mass is 10.0. The minimum atomic E-state index is 0.311. The topological polar surface area (TPSA) is 26.1 Å². The van der Waals surface area contributed by atoms with Crippen LogP contribution in [0.15, 0.2) is 36.3 Å². The molecule has 0 aliphatic carbocycles. The molecule has 0 fully saturated rings. The summed E-state index contributed by atoms with van der Waals surface area (Å²) in [5, 5.41) is 7.32. The van der Waals surface area contributed by atoms with Crippen molar-refractivity contribution < 1.29 is 0 Å². The van der Waals surface area contributed by atoms with Gasteiger partial charge in [0.25, 0.3) is 0 Å². The molecule has 51 valence electrons. The minimum Gasteiger partial charge on any atom is -0.368 e. The molecule has 2 rings (SSSR count). The second-order valence-electron chi connectivity index (χ2n) is 2.43. The highest BCUT2D eigenvalue weighted by molar-refractivity contribution is 5.27. The molecule has 0 bridgehead atoms. The van der Waals surface area contributed by atoms with Gasteiger partial charge in [-0.15, -0.1) is 0 Å². The molecule has 0 saturated heterocycles. The van der Waals surface area contributed by atoms with Crippen LogP contribution in [0.3, 0.4) is 0 Å². The number of hydrogen-bond acceptors (Lipinski definition) is 1. The van der Waals surface area contributed by atoms with E-state index in [9.17, 15) is 0 Å². The fourth-order valence-corrected chi connectivity index (χ4v) is 1.18. The Morgan fingerprint density at radius 3 is 3.50 bits per heavy atom. The molecule has 2 heterocycles. The molecular weight excluding hydrogens is 124 g/mol. The van der Waals surface area contributed by atoms with Gasteiger partial charge in [0, 0.05) is 12.4 Å². The highest BCUT2D eigenvalue weighted by atomic mass is 14.9. The third kappa shape index (κ3) is 0.817. The molecule has 2 aliphatic rings. The molecule has 1 radical (unpaired) electrons. The zero-order chi connectivity index (χ0) is 6.81. The van der Waals surface area contributed by atoms with Crippen LogP contribution in [0.1, 0.15) is 6.42 Å². The van der Waals surface area contributed by atoms with Gasteiger partial charge in [-0.1, -0.05) is 6.08 Å². The summed E-state index contributed by atoms with van der Waals surface area (Å²) < 4.78 is 0. The summed E-state index contributed by atoms with van der Waals surface area (Å²) in [6, 6.07) is 0.311. The molecule has 0 saturated carbocycles. The number of nitrogens with zero attached hydrogens (tertiary/aromatic N) is 1. The van der Waals surface area contributed by atoms with Gasteiger partial charge in [0.1, 0.15) is 0 Å². The van der Waals surface area contributed by atoms with Crippen molar-refractivity contribution in [1.82, 2.24) is 10.6 Å². The van der Waals surface area contributed by atoms with Crippen molar-refractivity contribution in [1.29, 1.82) is 0 Å². The van der Waals surface area contributed by atoms with Crippen molar-refractivity contribution in [2.45, 2.75) is 12.5 Å². The largest absolute Gasteiger partial charge is 0.368 e. The van der Waals surface area contributed by atoms with Gasteiger partial charge < -0.3 is 5.32 Å². The fraction of sp³-hybridized carbons (Fsp3) is 0.250. The Hall–Kier alpha value is -1.18. The number of hydrogen-bond donors (Lipinski definition) is 1. The Morgan fingerprint density at radius 2 is 2.60 bits per heavy atom. The molecule has 10 heavy (non-hydrogen) atoms. The highest BCUT2D eigenvalue weighted by Gasteiger charge is 2.14. The van der Waals surface area contributed by atoms with Crippen LogP contribution in [-0.2, 0) is 0 Å². The third-order valence-corrected chi connectivity index (χ3v) is 1.73. The SMILES string of the molecule is C1=C[N]C2C=CNC=C2C1. The number of rotatable bonds is 0. The van der Waals surface area contributed by atoms with E-state index in [0.717, 1.165) is 6.42 Å². The van der Waals surface area contributed by atoms with E-state index < -0.39 is 0 Å². The Kier molecular flexibility index (Phi) is 1.24. The first-order valence-electron chi connectivity index (χ1n) is 3.43. The van der Waals surface area contributed by atoms with Gasteiger partial charge in [-0.2, -0.15) is 0 Å². The smallest absolute Gasteiger partial charge is 0.0927 e. The van der Waals surface area contributed by atoms with Crippen LogP contribution in [0, 0.1) is 0 Å². The first-order valence-corrected chi connectivity index (χ1v) is 3.43. The van der Waals surface area contributed by atoms with E-state index in [4.69, 9.17) is 0 Å². The molecule has 0 aromatic rings. The molecule has 2 aliphatic heterocycles. The summed E-state index contributed by atoms with van der Waals surface area (Å²) in [6.07, 6.45) is 11.0. The molecule has 0 spiro atoms. The van der Waals surface area contributed by atoms with E-state index in [1.165, 1.54) is 5.57 Å². The van der Waals surface area contributed by atoms with Crippen molar-refractivity contribution in [3.63, 3.8) is 0 Å². The molecule has 0 amide bonds. The quantitative estimate of drug-likeness (QED) is 0.521. The van der Waals surface area contributed by atoms with Crippen molar-refractivity contribution >= 4 is 0 Å². The first kappa shape index (κ1) is 5.59. The van der Waals surface area contributed by atoms with Crippen LogP contribution in [0.2, 0.25) is 0 Å². The molecule has 2 heteroatoms. The Morgan fingerprint density at radius 1 is 1.60 bits per heavy atom. The maximum atomic E-state index is 4.28. The minimum absolute atomic E-state index is 0.311. The number of fused-ring (bicyclic) bond motifs is 1. The predicted molar refractivity (Wildman–Crippen MR) is 40.0 cm³/mol. The van der Waals surface area contributed by atoms with Gasteiger partial charge in [-0.25, -0.2) is 0 Å². The summed E-state index contributed by atoms with van der Waals surface area (Å²) in [6.45, 7) is 0. The molecular formula is C8H9N2. The van der Waals surface area contributed by atoms with E-state index in [1.54, 1.807) is 0 Å². The molecule has 0 aromatic heterocycles. The molecule has 0 aromatic carbocycles. The average Bonchev–Trinajstić information content (AvgIpc) is 2.05. The van der Waals surface area contributed by atoms with Crippen LogP contribution in [0.25, 0.3) is 0 Å². The molecule has 1 unspecified atom stereocenters. The Bertz CT molecular complexity index is 213. The second-order valence-corrected chi connectivity index (χ2v) is 2.43. The van der Waals surface area contributed by atoms with Gasteiger partial charge in [0.2, 0.25) is 0 Å². The Balaban J connectivity index is 2.23. The van der Waals surface area contributed by atoms with Crippen molar-refractivity contribution in [2.24, 2.45) is 0 Å². The molecule has 2 nitrogen and oxygen atoms in total. The predicted octanol–water partition coefficient (Wildman–Crippen LogP) is 0.878. The van der Waals surface area contributed by atoms with E-state index in [0.29, 0.717) is 6.04 Å². The van der Waals surface area contributed by atoms with Gasteiger partial charge in [0.15, 0.2) is 0 Å². The fourth-order valence-electron chi connectivity index (χ4n) is 1.18. The normalized spacial score (nSPS) is 28.0. The monoisotopic (exact) mass is 133 g/mol. The van der Waals surface area contributed by atoms with E-state index in [-0.39, 0.29) is 0 Å². The van der Waals surface area contributed by atoms with Crippen LogP contribution in [0.4, 0.5) is 0 Å². The lowest BCUT2D eigenvalue weighted by Crippen LogP contribution is -2.25. The van der Waals surface area contributed by atoms with Crippen molar-refractivity contribution in [3.8, 4) is 0 Å². The summed E-state index contributed by atoms with van der Waals surface area (Å²) in [7, 11) is 0. The number of nitrogens with one attached hydrogen (secondary N) is 1. The van der Waals surface area contributed by atoms with Crippen LogP contribution < -0.4 is 10.6 Å². The number of allylic oxidation sites excluding steroid dienone is 1. The maximum absolute atomic E-state index is 4.28. The van der Waals surface area contributed by atoms with E-state index in [1.807, 2.05) is 18.6 Å². The molecule has 1 N–H and O–H groups in total. The lowest BCUT2D eigenvalue weighted by Gasteiger charge is -2.20. The zero-order valence-electron chi connectivity index (χ0n) is 5.62.